The van der Waals surface area contributed by atoms with Crippen molar-refractivity contribution in [2.45, 2.75) is 38.3 Å². The number of ether oxygens (including phenoxy) is 1. The topological polar surface area (TPSA) is 67.6 Å². The zero-order valence-electron chi connectivity index (χ0n) is 14.9. The second-order valence-electron chi connectivity index (χ2n) is 6.71. The first-order chi connectivity index (χ1) is 12.5. The van der Waals surface area contributed by atoms with Crippen LogP contribution in [0.4, 0.5) is 4.39 Å². The number of piperidine rings is 1. The number of hydrogen-bond acceptors (Lipinski definition) is 4. The molecule has 140 valence electrons. The number of likely N-dealkylation sites (tertiary alicyclic amines) is 1. The van der Waals surface area contributed by atoms with E-state index in [0.29, 0.717) is 25.1 Å². The minimum Gasteiger partial charge on any atom is -0.491 e. The first-order valence-electron chi connectivity index (χ1n) is 8.87. The normalized spacial score (nSPS) is 20.2. The quantitative estimate of drug-likeness (QED) is 0.855. The van der Waals surface area contributed by atoms with Gasteiger partial charge in [0.1, 0.15) is 36.1 Å². The van der Waals surface area contributed by atoms with Gasteiger partial charge >= 0.3 is 0 Å². The van der Waals surface area contributed by atoms with Crippen LogP contribution in [0.5, 0.6) is 5.75 Å². The summed E-state index contributed by atoms with van der Waals surface area (Å²) in [5.74, 6) is 0.980. The summed E-state index contributed by atoms with van der Waals surface area (Å²) < 4.78 is 20.4. The molecule has 2 heterocycles. The molecule has 6 nitrogen and oxygen atoms in total. The van der Waals surface area contributed by atoms with E-state index >= 15 is 0 Å². The fourth-order valence-electron chi connectivity index (χ4n) is 3.24. The minimum atomic E-state index is -1.11. The van der Waals surface area contributed by atoms with Gasteiger partial charge in [0.25, 0.3) is 0 Å². The summed E-state index contributed by atoms with van der Waals surface area (Å²) >= 11 is 0. The van der Waals surface area contributed by atoms with Crippen molar-refractivity contribution in [2.24, 2.45) is 0 Å². The van der Waals surface area contributed by atoms with Crippen LogP contribution in [0.3, 0.4) is 0 Å². The third-order valence-corrected chi connectivity index (χ3v) is 4.65. The molecule has 2 aromatic rings. The van der Waals surface area contributed by atoms with Gasteiger partial charge in [0.15, 0.2) is 0 Å². The summed E-state index contributed by atoms with van der Waals surface area (Å²) in [6.45, 7) is 3.12. The van der Waals surface area contributed by atoms with E-state index in [9.17, 15) is 14.3 Å². The Labute approximate surface area is 152 Å². The van der Waals surface area contributed by atoms with Crippen molar-refractivity contribution in [3.63, 3.8) is 0 Å². The molecule has 0 bridgehead atoms. The van der Waals surface area contributed by atoms with Crippen molar-refractivity contribution in [1.29, 1.82) is 0 Å². The van der Waals surface area contributed by atoms with Gasteiger partial charge in [-0.25, -0.2) is 9.37 Å². The van der Waals surface area contributed by atoms with Crippen LogP contribution in [0, 0.1) is 5.82 Å². The highest BCUT2D eigenvalue weighted by molar-refractivity contribution is 5.76. The molecule has 7 heteroatoms. The standard InChI is InChI=1S/C19H24FN3O3/c1-2-17-21-9-11-22(17)12-18(24)23-10-3-8-19(25,13-23)14-26-16-6-4-15(20)5-7-16/h4-7,9,11,25H,2-3,8,10,12-14H2,1H3. The molecular weight excluding hydrogens is 337 g/mol. The average Bonchev–Trinajstić information content (AvgIpc) is 3.08. The van der Waals surface area contributed by atoms with Gasteiger partial charge in [-0.15, -0.1) is 0 Å². The number of amides is 1. The number of aliphatic hydroxyl groups is 1. The number of rotatable bonds is 6. The number of aromatic nitrogens is 2. The molecule has 26 heavy (non-hydrogen) atoms. The molecule has 0 aliphatic carbocycles. The summed E-state index contributed by atoms with van der Waals surface area (Å²) in [5, 5.41) is 10.8. The number of aryl methyl sites for hydroxylation is 1. The van der Waals surface area contributed by atoms with E-state index in [4.69, 9.17) is 4.74 Å². The number of halogens is 1. The third-order valence-electron chi connectivity index (χ3n) is 4.65. The molecule has 1 aliphatic rings. The van der Waals surface area contributed by atoms with Crippen LogP contribution in [0.25, 0.3) is 0 Å². The fourth-order valence-corrected chi connectivity index (χ4v) is 3.24. The fraction of sp³-hybridized carbons (Fsp3) is 0.474. The highest BCUT2D eigenvalue weighted by atomic mass is 19.1. The Morgan fingerprint density at radius 3 is 2.88 bits per heavy atom. The van der Waals surface area contributed by atoms with Gasteiger partial charge in [-0.2, -0.15) is 0 Å². The van der Waals surface area contributed by atoms with Crippen molar-refractivity contribution < 1.29 is 19.0 Å². The number of carbonyl (C=O) groups is 1. The lowest BCUT2D eigenvalue weighted by molar-refractivity contribution is -0.140. The van der Waals surface area contributed by atoms with Crippen LogP contribution >= 0.6 is 0 Å². The van der Waals surface area contributed by atoms with Gasteiger partial charge in [0.2, 0.25) is 5.91 Å². The molecule has 0 spiro atoms. The molecule has 0 saturated carbocycles. The highest BCUT2D eigenvalue weighted by Crippen LogP contribution is 2.23. The van der Waals surface area contributed by atoms with Crippen LogP contribution in [-0.4, -0.2) is 50.8 Å². The number of imidazole rings is 1. The van der Waals surface area contributed by atoms with Gasteiger partial charge in [0, 0.05) is 25.4 Å². The summed E-state index contributed by atoms with van der Waals surface area (Å²) in [6, 6.07) is 5.67. The van der Waals surface area contributed by atoms with Crippen molar-refractivity contribution in [1.82, 2.24) is 14.5 Å². The maximum Gasteiger partial charge on any atom is 0.242 e. The number of nitrogens with zero attached hydrogens (tertiary/aromatic N) is 3. The Morgan fingerprint density at radius 2 is 2.15 bits per heavy atom. The molecule has 1 atom stereocenters. The average molecular weight is 361 g/mol. The van der Waals surface area contributed by atoms with E-state index in [0.717, 1.165) is 12.2 Å². The third kappa shape index (κ3) is 4.40. The van der Waals surface area contributed by atoms with Crippen LogP contribution < -0.4 is 4.74 Å². The molecule has 1 aliphatic heterocycles. The van der Waals surface area contributed by atoms with Gasteiger partial charge in [0.05, 0.1) is 6.54 Å². The minimum absolute atomic E-state index is 0.0439. The molecule has 1 amide bonds. The van der Waals surface area contributed by atoms with Gasteiger partial charge < -0.3 is 19.3 Å². The van der Waals surface area contributed by atoms with Crippen LogP contribution in [-0.2, 0) is 17.8 Å². The Bertz CT molecular complexity index is 747. The van der Waals surface area contributed by atoms with Gasteiger partial charge in [-0.05, 0) is 37.1 Å². The van der Waals surface area contributed by atoms with E-state index < -0.39 is 5.60 Å². The van der Waals surface area contributed by atoms with Crippen LogP contribution in [0.1, 0.15) is 25.6 Å². The van der Waals surface area contributed by atoms with Crippen LogP contribution in [0.2, 0.25) is 0 Å². The van der Waals surface area contributed by atoms with Crippen molar-refractivity contribution in [2.75, 3.05) is 19.7 Å². The predicted octanol–water partition coefficient (Wildman–Crippen LogP) is 2.02. The zero-order chi connectivity index (χ0) is 18.6. The molecule has 1 aromatic heterocycles. The van der Waals surface area contributed by atoms with Gasteiger partial charge in [-0.3, -0.25) is 4.79 Å². The second-order valence-corrected chi connectivity index (χ2v) is 6.71. The van der Waals surface area contributed by atoms with E-state index in [1.807, 2.05) is 11.5 Å². The Hall–Kier alpha value is -2.41. The maximum atomic E-state index is 13.0. The Kier molecular flexibility index (Phi) is 5.56. The van der Waals surface area contributed by atoms with E-state index in [2.05, 4.69) is 4.98 Å². The summed E-state index contributed by atoms with van der Waals surface area (Å²) in [5.41, 5.74) is -1.11. The Balaban J connectivity index is 1.58. The van der Waals surface area contributed by atoms with Crippen LogP contribution in [0.15, 0.2) is 36.7 Å². The Morgan fingerprint density at radius 1 is 1.38 bits per heavy atom. The monoisotopic (exact) mass is 361 g/mol. The number of hydrogen-bond donors (Lipinski definition) is 1. The van der Waals surface area contributed by atoms with Crippen molar-refractivity contribution in [3.05, 3.63) is 48.3 Å². The van der Waals surface area contributed by atoms with E-state index in [1.165, 1.54) is 24.3 Å². The highest BCUT2D eigenvalue weighted by Gasteiger charge is 2.36. The largest absolute Gasteiger partial charge is 0.491 e. The molecular formula is C19H24FN3O3. The van der Waals surface area contributed by atoms with Gasteiger partial charge in [-0.1, -0.05) is 6.92 Å². The van der Waals surface area contributed by atoms with E-state index in [-0.39, 0.29) is 31.4 Å². The van der Waals surface area contributed by atoms with E-state index in [1.54, 1.807) is 17.3 Å². The molecule has 3 rings (SSSR count). The first-order valence-corrected chi connectivity index (χ1v) is 8.87. The smallest absolute Gasteiger partial charge is 0.242 e. The lowest BCUT2D eigenvalue weighted by Gasteiger charge is -2.39. The number of benzene rings is 1. The lowest BCUT2D eigenvalue weighted by Crippen LogP contribution is -2.53. The molecule has 1 aromatic carbocycles. The molecule has 0 radical (unpaired) electrons. The molecule has 1 unspecified atom stereocenters. The summed E-state index contributed by atoms with van der Waals surface area (Å²) in [6.07, 6.45) is 5.51. The van der Waals surface area contributed by atoms with Crippen molar-refractivity contribution >= 4 is 5.91 Å². The first kappa shape index (κ1) is 18.4. The summed E-state index contributed by atoms with van der Waals surface area (Å²) in [4.78, 5) is 18.5. The number of carbonyl (C=O) groups excluding carboxylic acids is 1. The SMILES string of the molecule is CCc1nccn1CC(=O)N1CCCC(O)(COc2ccc(F)cc2)C1. The number of β-amino-alcohol motifs (C(OH)–C–C–N with tert-alkyl or cyclic N) is 1. The molecule has 1 N–H and O–H groups in total. The van der Waals surface area contributed by atoms with Crippen molar-refractivity contribution in [3.8, 4) is 5.75 Å². The molecule has 1 saturated heterocycles. The zero-order valence-corrected chi connectivity index (χ0v) is 14.9. The lowest BCUT2D eigenvalue weighted by atomic mass is 9.93. The predicted molar refractivity (Wildman–Crippen MR) is 94.3 cm³/mol. The summed E-state index contributed by atoms with van der Waals surface area (Å²) in [7, 11) is 0. The second kappa shape index (κ2) is 7.86. The maximum absolute atomic E-state index is 13.0. The molecule has 1 fully saturated rings.